The number of rotatable bonds is 1. The molecule has 0 aliphatic carbocycles. The minimum absolute atomic E-state index is 0.185. The fourth-order valence-corrected chi connectivity index (χ4v) is 1.74. The number of hydrogen-bond acceptors (Lipinski definition) is 4. The van der Waals surface area contributed by atoms with Gasteiger partial charge in [0.25, 0.3) is 11.8 Å². The highest BCUT2D eigenvalue weighted by atomic mass is 79.9. The van der Waals surface area contributed by atoms with Crippen LogP contribution in [0.25, 0.3) is 0 Å². The number of halogens is 2. The highest BCUT2D eigenvalue weighted by Crippen LogP contribution is 2.30. The van der Waals surface area contributed by atoms with Crippen molar-refractivity contribution in [2.24, 2.45) is 0 Å². The molecule has 1 aliphatic rings. The van der Waals surface area contributed by atoms with Gasteiger partial charge in [-0.05, 0) is 6.07 Å². The standard InChI is InChI=1S/C8H2BrFN2O4/c9-11-7(13)3-1-5(10)6(12(15)16)2-4(3)8(11)14/h1-2H. The average molecular weight is 289 g/mol. The number of fused-ring (bicyclic) bond motifs is 1. The molecule has 16 heavy (non-hydrogen) atoms. The quantitative estimate of drug-likeness (QED) is 0.340. The number of benzene rings is 1. The van der Waals surface area contributed by atoms with Crippen LogP contribution in [-0.2, 0) is 0 Å². The van der Waals surface area contributed by atoms with Crippen molar-refractivity contribution in [3.05, 3.63) is 39.2 Å². The zero-order valence-electron chi connectivity index (χ0n) is 7.44. The lowest BCUT2D eigenvalue weighted by Crippen LogP contribution is -2.17. The van der Waals surface area contributed by atoms with E-state index >= 15 is 0 Å². The normalized spacial score (nSPS) is 14.2. The molecule has 2 rings (SSSR count). The van der Waals surface area contributed by atoms with Gasteiger partial charge in [0.15, 0.2) is 0 Å². The molecule has 2 amide bonds. The van der Waals surface area contributed by atoms with E-state index in [1.807, 2.05) is 0 Å². The van der Waals surface area contributed by atoms with Gasteiger partial charge in [-0.25, -0.2) is 3.93 Å². The Morgan fingerprint density at radius 3 is 2.25 bits per heavy atom. The molecule has 6 nitrogen and oxygen atoms in total. The smallest absolute Gasteiger partial charge is 0.268 e. The lowest BCUT2D eigenvalue weighted by molar-refractivity contribution is -0.387. The van der Waals surface area contributed by atoms with E-state index in [-0.39, 0.29) is 11.1 Å². The predicted molar refractivity (Wildman–Crippen MR) is 52.5 cm³/mol. The summed E-state index contributed by atoms with van der Waals surface area (Å²) in [5, 5.41) is 10.4. The highest BCUT2D eigenvalue weighted by molar-refractivity contribution is 9.08. The average Bonchev–Trinajstić information content (AvgIpc) is 2.43. The van der Waals surface area contributed by atoms with Gasteiger partial charge in [0, 0.05) is 6.07 Å². The molecule has 1 aromatic carbocycles. The van der Waals surface area contributed by atoms with Gasteiger partial charge in [-0.15, -0.1) is 0 Å². The number of nitro benzene ring substituents is 1. The first kappa shape index (κ1) is 10.7. The molecule has 0 saturated heterocycles. The van der Waals surface area contributed by atoms with Crippen LogP contribution in [0.5, 0.6) is 0 Å². The lowest BCUT2D eigenvalue weighted by atomic mass is 10.1. The molecular formula is C8H2BrFN2O4. The first-order valence-corrected chi connectivity index (χ1v) is 4.67. The van der Waals surface area contributed by atoms with E-state index in [0.717, 1.165) is 6.07 Å². The lowest BCUT2D eigenvalue weighted by Gasteiger charge is -1.98. The molecule has 1 aromatic rings. The minimum Gasteiger partial charge on any atom is -0.268 e. The van der Waals surface area contributed by atoms with E-state index in [9.17, 15) is 24.1 Å². The summed E-state index contributed by atoms with van der Waals surface area (Å²) in [7, 11) is 0. The Labute approximate surface area is 96.1 Å². The zero-order chi connectivity index (χ0) is 12.0. The van der Waals surface area contributed by atoms with Crippen molar-refractivity contribution in [1.82, 2.24) is 3.93 Å². The number of carbonyl (C=O) groups excluding carboxylic acids is 2. The molecule has 8 heteroatoms. The summed E-state index contributed by atoms with van der Waals surface area (Å²) in [5.74, 6) is -2.63. The van der Waals surface area contributed by atoms with Gasteiger partial charge >= 0.3 is 5.69 Å². The molecule has 0 aromatic heterocycles. The Kier molecular flexibility index (Phi) is 2.23. The van der Waals surface area contributed by atoms with Gasteiger partial charge in [0.05, 0.1) is 32.2 Å². The Morgan fingerprint density at radius 2 is 1.75 bits per heavy atom. The molecule has 0 atom stereocenters. The number of amides is 2. The van der Waals surface area contributed by atoms with Crippen molar-refractivity contribution in [2.45, 2.75) is 0 Å². The second-order valence-electron chi connectivity index (χ2n) is 3.00. The van der Waals surface area contributed by atoms with Gasteiger partial charge in [-0.1, -0.05) is 0 Å². The van der Waals surface area contributed by atoms with E-state index in [0.29, 0.717) is 9.99 Å². The monoisotopic (exact) mass is 288 g/mol. The SMILES string of the molecule is O=C1c2cc(F)c([N+](=O)[O-])cc2C(=O)N1Br. The Hall–Kier alpha value is -1.83. The molecule has 82 valence electrons. The molecule has 0 N–H and O–H groups in total. The van der Waals surface area contributed by atoms with Crippen molar-refractivity contribution in [3.8, 4) is 0 Å². The van der Waals surface area contributed by atoms with Gasteiger partial charge < -0.3 is 0 Å². The third kappa shape index (κ3) is 1.30. The van der Waals surface area contributed by atoms with Crippen LogP contribution in [0.15, 0.2) is 12.1 Å². The summed E-state index contributed by atoms with van der Waals surface area (Å²) in [6, 6.07) is 1.45. The Morgan fingerprint density at radius 1 is 1.25 bits per heavy atom. The van der Waals surface area contributed by atoms with E-state index in [2.05, 4.69) is 16.1 Å². The minimum atomic E-state index is -1.15. The van der Waals surface area contributed by atoms with Gasteiger partial charge in [0.1, 0.15) is 0 Å². The Balaban J connectivity index is 2.70. The summed E-state index contributed by atoms with van der Waals surface area (Å²) in [6.07, 6.45) is 0. The Bertz CT molecular complexity index is 545. The van der Waals surface area contributed by atoms with Crippen LogP contribution in [0.1, 0.15) is 20.7 Å². The van der Waals surface area contributed by atoms with Crippen molar-refractivity contribution in [1.29, 1.82) is 0 Å². The fourth-order valence-electron chi connectivity index (χ4n) is 1.36. The molecular weight excluding hydrogens is 287 g/mol. The molecule has 0 spiro atoms. The maximum Gasteiger partial charge on any atom is 0.305 e. The molecule has 0 unspecified atom stereocenters. The topological polar surface area (TPSA) is 80.5 Å². The third-order valence-corrected chi connectivity index (χ3v) is 2.75. The summed E-state index contributed by atoms with van der Waals surface area (Å²) in [6.45, 7) is 0. The third-order valence-electron chi connectivity index (χ3n) is 2.10. The second kappa shape index (κ2) is 3.34. The van der Waals surface area contributed by atoms with Gasteiger partial charge in [-0.2, -0.15) is 4.39 Å². The predicted octanol–water partition coefficient (Wildman–Crippen LogP) is 1.64. The van der Waals surface area contributed by atoms with Crippen LogP contribution in [0, 0.1) is 15.9 Å². The van der Waals surface area contributed by atoms with E-state index in [1.165, 1.54) is 0 Å². The number of nitrogens with zero attached hydrogens (tertiary/aromatic N) is 2. The van der Waals surface area contributed by atoms with Crippen molar-refractivity contribution in [3.63, 3.8) is 0 Å². The first-order valence-electron chi connectivity index (χ1n) is 3.96. The van der Waals surface area contributed by atoms with Crippen LogP contribution in [0.4, 0.5) is 10.1 Å². The number of hydrogen-bond donors (Lipinski definition) is 0. The van der Waals surface area contributed by atoms with Crippen molar-refractivity contribution in [2.75, 3.05) is 0 Å². The zero-order valence-corrected chi connectivity index (χ0v) is 9.02. The molecule has 1 aliphatic heterocycles. The highest BCUT2D eigenvalue weighted by Gasteiger charge is 2.37. The van der Waals surface area contributed by atoms with E-state index in [4.69, 9.17) is 0 Å². The summed E-state index contributed by atoms with van der Waals surface area (Å²) < 4.78 is 13.8. The van der Waals surface area contributed by atoms with E-state index < -0.39 is 28.2 Å². The molecule has 0 fully saturated rings. The van der Waals surface area contributed by atoms with E-state index in [1.54, 1.807) is 0 Å². The maximum atomic E-state index is 13.2. The van der Waals surface area contributed by atoms with Crippen LogP contribution in [0.2, 0.25) is 0 Å². The molecule has 0 bridgehead atoms. The van der Waals surface area contributed by atoms with Crippen molar-refractivity contribution < 1.29 is 18.9 Å². The second-order valence-corrected chi connectivity index (χ2v) is 3.71. The summed E-state index contributed by atoms with van der Waals surface area (Å²) in [5.41, 5.74) is -1.21. The number of imide groups is 1. The van der Waals surface area contributed by atoms with Crippen molar-refractivity contribution >= 4 is 33.6 Å². The van der Waals surface area contributed by atoms with Crippen LogP contribution in [0.3, 0.4) is 0 Å². The van der Waals surface area contributed by atoms with Crippen LogP contribution < -0.4 is 0 Å². The van der Waals surface area contributed by atoms with Crippen LogP contribution >= 0.6 is 16.1 Å². The molecule has 0 saturated carbocycles. The first-order chi connectivity index (χ1) is 7.43. The number of carbonyl (C=O) groups is 2. The van der Waals surface area contributed by atoms with Gasteiger partial charge in [-0.3, -0.25) is 19.7 Å². The molecule has 0 radical (unpaired) electrons. The summed E-state index contributed by atoms with van der Waals surface area (Å²) in [4.78, 5) is 32.2. The largest absolute Gasteiger partial charge is 0.305 e. The number of nitro groups is 1. The van der Waals surface area contributed by atoms with Gasteiger partial charge in [0.2, 0.25) is 5.82 Å². The molecule has 1 heterocycles. The van der Waals surface area contributed by atoms with Crippen LogP contribution in [-0.4, -0.2) is 20.7 Å². The fraction of sp³-hybridized carbons (Fsp3) is 0. The summed E-state index contributed by atoms with van der Waals surface area (Å²) >= 11 is 2.68. The maximum absolute atomic E-state index is 13.2.